The summed E-state index contributed by atoms with van der Waals surface area (Å²) in [5.74, 6) is -2.07. The van der Waals surface area contributed by atoms with Crippen LogP contribution in [0.25, 0.3) is 0 Å². The number of hydrogen-bond donors (Lipinski definition) is 1. The highest BCUT2D eigenvalue weighted by molar-refractivity contribution is 6.63. The lowest BCUT2D eigenvalue weighted by molar-refractivity contribution is -0.137. The van der Waals surface area contributed by atoms with Crippen LogP contribution in [0, 0.1) is 5.82 Å². The van der Waals surface area contributed by atoms with E-state index < -0.39 is 47.1 Å². The third-order valence-corrected chi connectivity index (χ3v) is 3.92. The fraction of sp³-hybridized carbons (Fsp3) is 0.538. The van der Waals surface area contributed by atoms with Gasteiger partial charge in [0.15, 0.2) is 0 Å². The molecular formula is C13H15BF4O3. The highest BCUT2D eigenvalue weighted by Crippen LogP contribution is 2.38. The van der Waals surface area contributed by atoms with Gasteiger partial charge in [0.25, 0.3) is 0 Å². The Morgan fingerprint density at radius 2 is 1.52 bits per heavy atom. The van der Waals surface area contributed by atoms with Crippen LogP contribution in [0.15, 0.2) is 12.1 Å². The predicted molar refractivity (Wildman–Crippen MR) is 68.8 cm³/mol. The largest absolute Gasteiger partial charge is 0.508 e. The van der Waals surface area contributed by atoms with E-state index in [1.54, 1.807) is 27.7 Å². The average molecular weight is 306 g/mol. The van der Waals surface area contributed by atoms with Crippen LogP contribution >= 0.6 is 0 Å². The predicted octanol–water partition coefficient (Wildman–Crippen LogP) is 2.85. The Bertz CT molecular complexity index is 530. The van der Waals surface area contributed by atoms with Crippen LogP contribution < -0.4 is 5.46 Å². The Kier molecular flexibility index (Phi) is 3.53. The van der Waals surface area contributed by atoms with E-state index in [0.29, 0.717) is 12.1 Å². The maximum atomic E-state index is 14.0. The van der Waals surface area contributed by atoms with E-state index in [0.717, 1.165) is 0 Å². The van der Waals surface area contributed by atoms with Crippen molar-refractivity contribution in [1.29, 1.82) is 0 Å². The molecule has 0 aromatic heterocycles. The molecule has 2 rings (SSSR count). The molecule has 1 aromatic rings. The zero-order valence-corrected chi connectivity index (χ0v) is 12.0. The molecule has 0 aliphatic carbocycles. The van der Waals surface area contributed by atoms with Crippen molar-refractivity contribution in [1.82, 2.24) is 0 Å². The summed E-state index contributed by atoms with van der Waals surface area (Å²) < 4.78 is 62.7. The van der Waals surface area contributed by atoms with E-state index >= 15 is 0 Å². The minimum absolute atomic E-state index is 0.320. The molecule has 3 nitrogen and oxygen atoms in total. The second-order valence-corrected chi connectivity index (χ2v) is 5.98. The summed E-state index contributed by atoms with van der Waals surface area (Å²) in [5.41, 5.74) is -3.28. The summed E-state index contributed by atoms with van der Waals surface area (Å²) in [5, 5.41) is 9.74. The van der Waals surface area contributed by atoms with E-state index in [-0.39, 0.29) is 0 Å². The number of alkyl halides is 3. The summed E-state index contributed by atoms with van der Waals surface area (Å²) in [7, 11) is -1.27. The van der Waals surface area contributed by atoms with Crippen LogP contribution in [0.5, 0.6) is 5.75 Å². The molecule has 0 bridgehead atoms. The van der Waals surface area contributed by atoms with Gasteiger partial charge in [-0.15, -0.1) is 0 Å². The highest BCUT2D eigenvalue weighted by Gasteiger charge is 2.53. The van der Waals surface area contributed by atoms with E-state index in [1.807, 2.05) is 0 Å². The molecule has 1 saturated heterocycles. The van der Waals surface area contributed by atoms with Crippen LogP contribution in [0.2, 0.25) is 0 Å². The number of phenolic OH excluding ortho intramolecular Hbond substituents is 1. The van der Waals surface area contributed by atoms with E-state index in [9.17, 15) is 22.7 Å². The molecule has 0 atom stereocenters. The van der Waals surface area contributed by atoms with Crippen LogP contribution in [-0.4, -0.2) is 23.4 Å². The first kappa shape index (κ1) is 16.1. The smallest absolute Gasteiger partial charge is 0.501 e. The van der Waals surface area contributed by atoms with Crippen LogP contribution in [0.1, 0.15) is 33.3 Å². The first-order valence-electron chi connectivity index (χ1n) is 6.30. The lowest BCUT2D eigenvalue weighted by Gasteiger charge is -2.32. The van der Waals surface area contributed by atoms with Crippen LogP contribution in [-0.2, 0) is 15.5 Å². The lowest BCUT2D eigenvalue weighted by Crippen LogP contribution is -2.41. The molecule has 8 heteroatoms. The van der Waals surface area contributed by atoms with Gasteiger partial charge in [0.2, 0.25) is 0 Å². The number of halogens is 4. The molecule has 1 N–H and O–H groups in total. The summed E-state index contributed by atoms with van der Waals surface area (Å²) in [6, 6.07) is 0.781. The molecule has 0 spiro atoms. The van der Waals surface area contributed by atoms with Gasteiger partial charge in [-0.3, -0.25) is 0 Å². The first-order valence-corrected chi connectivity index (χ1v) is 6.30. The van der Waals surface area contributed by atoms with Crippen LogP contribution in [0.3, 0.4) is 0 Å². The van der Waals surface area contributed by atoms with Gasteiger partial charge in [-0.1, -0.05) is 0 Å². The topological polar surface area (TPSA) is 38.7 Å². The SMILES string of the molecule is CC1(C)OB(c2c(O)cc(C(F)(F)F)cc2F)OC1(C)C. The quantitative estimate of drug-likeness (QED) is 0.640. The monoisotopic (exact) mass is 306 g/mol. The van der Waals surface area contributed by atoms with Crippen molar-refractivity contribution in [3.8, 4) is 5.75 Å². The molecule has 1 aliphatic rings. The van der Waals surface area contributed by atoms with E-state index in [1.165, 1.54) is 0 Å². The van der Waals surface area contributed by atoms with Gasteiger partial charge >= 0.3 is 13.3 Å². The Morgan fingerprint density at radius 3 is 1.90 bits per heavy atom. The average Bonchev–Trinajstić information content (AvgIpc) is 2.45. The molecule has 1 aliphatic heterocycles. The van der Waals surface area contributed by atoms with Crippen LogP contribution in [0.4, 0.5) is 17.6 Å². The van der Waals surface area contributed by atoms with Crippen molar-refractivity contribution in [3.63, 3.8) is 0 Å². The summed E-state index contributed by atoms with van der Waals surface area (Å²) in [4.78, 5) is 0. The number of phenols is 1. The summed E-state index contributed by atoms with van der Waals surface area (Å²) >= 11 is 0. The number of benzene rings is 1. The maximum absolute atomic E-state index is 14.0. The first-order chi connectivity index (χ1) is 9.35. The molecule has 1 aromatic carbocycles. The Labute approximate surface area is 120 Å². The standard InChI is InChI=1S/C13H15BF4O3/c1-11(2)12(3,4)21-14(20-11)10-8(15)5-7(6-9(10)19)13(16,17)18/h5-6,19H,1-4H3. The zero-order chi connectivity index (χ0) is 16.2. The van der Waals surface area contributed by atoms with E-state index in [2.05, 4.69) is 0 Å². The second kappa shape index (κ2) is 4.61. The number of aromatic hydroxyl groups is 1. The van der Waals surface area contributed by atoms with E-state index in [4.69, 9.17) is 9.31 Å². The van der Waals surface area contributed by atoms with Crippen molar-refractivity contribution in [2.45, 2.75) is 45.1 Å². The molecular weight excluding hydrogens is 291 g/mol. The van der Waals surface area contributed by atoms with Gasteiger partial charge in [-0.2, -0.15) is 13.2 Å². The fourth-order valence-corrected chi connectivity index (χ4v) is 1.96. The van der Waals surface area contributed by atoms with Gasteiger partial charge in [0, 0.05) is 0 Å². The van der Waals surface area contributed by atoms with Crippen molar-refractivity contribution >= 4 is 12.6 Å². The lowest BCUT2D eigenvalue weighted by atomic mass is 9.77. The van der Waals surface area contributed by atoms with Gasteiger partial charge in [-0.05, 0) is 39.8 Å². The van der Waals surface area contributed by atoms with Gasteiger partial charge in [0.05, 0.1) is 22.2 Å². The molecule has 0 amide bonds. The molecule has 0 unspecified atom stereocenters. The summed E-state index contributed by atoms with van der Waals surface area (Å²) in [6.07, 6.45) is -4.74. The Balaban J connectivity index is 2.44. The third-order valence-electron chi connectivity index (χ3n) is 3.92. The normalized spacial score (nSPS) is 20.9. The molecule has 21 heavy (non-hydrogen) atoms. The number of rotatable bonds is 1. The third kappa shape index (κ3) is 2.74. The van der Waals surface area contributed by atoms with Gasteiger partial charge in [-0.25, -0.2) is 4.39 Å². The summed E-state index contributed by atoms with van der Waals surface area (Å²) in [6.45, 7) is 6.86. The van der Waals surface area contributed by atoms with Gasteiger partial charge < -0.3 is 14.4 Å². The van der Waals surface area contributed by atoms with Crippen molar-refractivity contribution in [3.05, 3.63) is 23.5 Å². The molecule has 116 valence electrons. The molecule has 0 saturated carbocycles. The molecule has 0 radical (unpaired) electrons. The Morgan fingerprint density at radius 1 is 1.05 bits per heavy atom. The molecule has 1 fully saturated rings. The van der Waals surface area contributed by atoms with Crippen molar-refractivity contribution < 1.29 is 32.0 Å². The minimum atomic E-state index is -4.74. The fourth-order valence-electron chi connectivity index (χ4n) is 1.96. The van der Waals surface area contributed by atoms with Crippen molar-refractivity contribution in [2.75, 3.05) is 0 Å². The second-order valence-electron chi connectivity index (χ2n) is 5.98. The highest BCUT2D eigenvalue weighted by atomic mass is 19.4. The maximum Gasteiger partial charge on any atom is 0.501 e. The van der Waals surface area contributed by atoms with Crippen molar-refractivity contribution in [2.24, 2.45) is 0 Å². The molecule has 1 heterocycles. The zero-order valence-electron chi connectivity index (χ0n) is 12.0. The number of hydrogen-bond acceptors (Lipinski definition) is 3. The Hall–Kier alpha value is -1.28. The van der Waals surface area contributed by atoms with Gasteiger partial charge in [0.1, 0.15) is 11.6 Å². The minimum Gasteiger partial charge on any atom is -0.508 e.